The fourth-order valence-corrected chi connectivity index (χ4v) is 2.71. The normalized spacial score (nSPS) is 20.7. The van der Waals surface area contributed by atoms with Crippen LogP contribution >= 0.6 is 0 Å². The van der Waals surface area contributed by atoms with E-state index < -0.39 is 0 Å². The van der Waals surface area contributed by atoms with Crippen LogP contribution in [0, 0.1) is 0 Å². The molecule has 4 heteroatoms. The summed E-state index contributed by atoms with van der Waals surface area (Å²) >= 11 is 0. The highest BCUT2D eigenvalue weighted by atomic mass is 16.7. The average molecular weight is 377 g/mol. The van der Waals surface area contributed by atoms with Crippen molar-refractivity contribution in [2.75, 3.05) is 13.9 Å². The fourth-order valence-electron chi connectivity index (χ4n) is 2.71. The van der Waals surface area contributed by atoms with E-state index in [1.54, 1.807) is 0 Å². The predicted octanol–water partition coefficient (Wildman–Crippen LogP) is 5.66. The summed E-state index contributed by atoms with van der Waals surface area (Å²) in [5.74, 6) is -0.146. The molecule has 1 fully saturated rings. The maximum atomic E-state index is 11.0. The van der Waals surface area contributed by atoms with Crippen molar-refractivity contribution >= 4 is 5.97 Å². The van der Waals surface area contributed by atoms with Crippen molar-refractivity contribution in [2.45, 2.75) is 76.9 Å². The molecule has 1 aliphatic rings. The van der Waals surface area contributed by atoms with Gasteiger partial charge in [0.25, 0.3) is 0 Å². The van der Waals surface area contributed by atoms with Crippen LogP contribution in [0.3, 0.4) is 0 Å². The molecule has 4 nitrogen and oxygen atoms in total. The van der Waals surface area contributed by atoms with Crippen LogP contribution in [0.15, 0.2) is 48.6 Å². The molecule has 1 saturated heterocycles. The number of ether oxygens (including phenoxy) is 3. The van der Waals surface area contributed by atoms with Gasteiger partial charge in [0.15, 0.2) is 0 Å². The van der Waals surface area contributed by atoms with Crippen molar-refractivity contribution in [3.05, 3.63) is 48.6 Å². The van der Waals surface area contributed by atoms with Crippen LogP contribution in [0.25, 0.3) is 0 Å². The molecule has 1 heterocycles. The van der Waals surface area contributed by atoms with Crippen LogP contribution in [0.1, 0.15) is 64.7 Å². The monoisotopic (exact) mass is 376 g/mol. The molecule has 0 radical (unpaired) electrons. The molecular weight excluding hydrogens is 340 g/mol. The Labute approximate surface area is 165 Å². The smallest absolute Gasteiger partial charge is 0.305 e. The summed E-state index contributed by atoms with van der Waals surface area (Å²) < 4.78 is 15.9. The van der Waals surface area contributed by atoms with E-state index in [9.17, 15) is 4.79 Å². The quantitative estimate of drug-likeness (QED) is 0.223. The Morgan fingerprint density at radius 3 is 2.04 bits per heavy atom. The first-order valence-corrected chi connectivity index (χ1v) is 10.2. The number of carbonyl (C=O) groups is 1. The van der Waals surface area contributed by atoms with E-state index in [1.165, 1.54) is 32.8 Å². The lowest BCUT2D eigenvalue weighted by atomic mass is 10.1. The van der Waals surface area contributed by atoms with Gasteiger partial charge in [-0.15, -0.1) is 0 Å². The van der Waals surface area contributed by atoms with Crippen molar-refractivity contribution in [3.8, 4) is 0 Å². The van der Waals surface area contributed by atoms with Crippen LogP contribution in [0.5, 0.6) is 0 Å². The first kappa shape index (κ1) is 23.4. The zero-order valence-corrected chi connectivity index (χ0v) is 17.0. The molecule has 1 rings (SSSR count). The van der Waals surface area contributed by atoms with Crippen molar-refractivity contribution in [3.63, 3.8) is 0 Å². The third-order valence-corrected chi connectivity index (χ3v) is 4.33. The molecule has 152 valence electrons. The van der Waals surface area contributed by atoms with Gasteiger partial charge in [-0.2, -0.15) is 0 Å². The van der Waals surface area contributed by atoms with Crippen LogP contribution in [-0.4, -0.2) is 32.1 Å². The highest BCUT2D eigenvalue weighted by Crippen LogP contribution is 2.16. The van der Waals surface area contributed by atoms with E-state index >= 15 is 0 Å². The Morgan fingerprint density at radius 2 is 1.48 bits per heavy atom. The van der Waals surface area contributed by atoms with Gasteiger partial charge in [-0.1, -0.05) is 68.4 Å². The first-order valence-electron chi connectivity index (χ1n) is 10.2. The Hall–Kier alpha value is -1.65. The van der Waals surface area contributed by atoms with Crippen LogP contribution in [0.4, 0.5) is 0 Å². The van der Waals surface area contributed by atoms with E-state index in [-0.39, 0.29) is 18.2 Å². The van der Waals surface area contributed by atoms with Crippen molar-refractivity contribution in [2.24, 2.45) is 0 Å². The summed E-state index contributed by atoms with van der Waals surface area (Å²) in [4.78, 5) is 11.0. The lowest BCUT2D eigenvalue weighted by molar-refractivity contribution is -0.140. The zero-order valence-electron chi connectivity index (χ0n) is 17.0. The molecule has 1 aliphatic heterocycles. The van der Waals surface area contributed by atoms with Crippen molar-refractivity contribution < 1.29 is 19.0 Å². The number of unbranched alkanes of at least 4 members (excludes halogenated alkanes) is 4. The second-order valence-corrected chi connectivity index (χ2v) is 6.62. The van der Waals surface area contributed by atoms with Gasteiger partial charge < -0.3 is 14.2 Å². The lowest BCUT2D eigenvalue weighted by Gasteiger charge is -2.08. The predicted molar refractivity (Wildman–Crippen MR) is 110 cm³/mol. The standard InChI is InChI=1S/C23H36O4/c1-3-4-5-6-7-8-11-14-17-21-22(27-20-26-21)18-15-12-9-10-13-16-19-23(24)25-2/h7-10,14-15,17-18,21-22H,3-6,11-13,16,19-20H2,1-2H3/b8-7-,10-9-,17-14-,18-15-/t21-,22-/m0/s1. The fraction of sp³-hybridized carbons (Fsp3) is 0.609. The molecule has 0 spiro atoms. The second-order valence-electron chi connectivity index (χ2n) is 6.62. The van der Waals surface area contributed by atoms with Gasteiger partial charge in [-0.25, -0.2) is 0 Å². The number of hydrogen-bond acceptors (Lipinski definition) is 4. The minimum Gasteiger partial charge on any atom is -0.469 e. The Balaban J connectivity index is 2.17. The van der Waals surface area contributed by atoms with E-state index in [2.05, 4.69) is 60.3 Å². The summed E-state index contributed by atoms with van der Waals surface area (Å²) in [5, 5.41) is 0. The number of hydrogen-bond donors (Lipinski definition) is 0. The molecule has 0 aromatic rings. The number of rotatable bonds is 14. The van der Waals surface area contributed by atoms with E-state index in [1.807, 2.05) is 0 Å². The number of methoxy groups -OCH3 is 1. The molecule has 2 atom stereocenters. The minimum atomic E-state index is -0.146. The summed E-state index contributed by atoms with van der Waals surface area (Å²) in [6, 6.07) is 0. The Kier molecular flexibility index (Phi) is 14.3. The van der Waals surface area contributed by atoms with Crippen LogP contribution in [0.2, 0.25) is 0 Å². The molecule has 0 N–H and O–H groups in total. The summed E-state index contributed by atoms with van der Waals surface area (Å²) in [5.41, 5.74) is 0. The third-order valence-electron chi connectivity index (χ3n) is 4.33. The summed E-state index contributed by atoms with van der Waals surface area (Å²) in [6.45, 7) is 2.57. The van der Waals surface area contributed by atoms with Gasteiger partial charge in [0, 0.05) is 6.42 Å². The molecule has 27 heavy (non-hydrogen) atoms. The minimum absolute atomic E-state index is 0.00113. The van der Waals surface area contributed by atoms with Crippen molar-refractivity contribution in [1.29, 1.82) is 0 Å². The third kappa shape index (κ3) is 12.4. The molecule has 0 unspecified atom stereocenters. The van der Waals surface area contributed by atoms with E-state index in [0.29, 0.717) is 13.2 Å². The van der Waals surface area contributed by atoms with Gasteiger partial charge in [-0.05, 0) is 38.5 Å². The number of esters is 1. The first-order chi connectivity index (χ1) is 13.3. The maximum absolute atomic E-state index is 11.0. The maximum Gasteiger partial charge on any atom is 0.305 e. The summed E-state index contributed by atoms with van der Waals surface area (Å²) in [6.07, 6.45) is 26.1. The molecule has 0 amide bonds. The van der Waals surface area contributed by atoms with E-state index in [4.69, 9.17) is 9.47 Å². The zero-order chi connectivity index (χ0) is 19.6. The Morgan fingerprint density at radius 1 is 0.889 bits per heavy atom. The molecule has 0 saturated carbocycles. The SMILES string of the molecule is CCCCC/C=C\C/C=C\[C@@H]1OCO[C@H]1/C=C\C/C=C\CCCC(=O)OC. The van der Waals surface area contributed by atoms with Crippen molar-refractivity contribution in [1.82, 2.24) is 0 Å². The Bertz CT molecular complexity index is 491. The van der Waals surface area contributed by atoms with Gasteiger partial charge >= 0.3 is 5.97 Å². The van der Waals surface area contributed by atoms with Gasteiger partial charge in [0.1, 0.15) is 19.0 Å². The molecule has 0 aromatic heterocycles. The van der Waals surface area contributed by atoms with Gasteiger partial charge in [0.05, 0.1) is 7.11 Å². The van der Waals surface area contributed by atoms with Crippen LogP contribution in [-0.2, 0) is 19.0 Å². The topological polar surface area (TPSA) is 44.8 Å². The molecule has 0 aliphatic carbocycles. The highest BCUT2D eigenvalue weighted by Gasteiger charge is 2.23. The molecule has 0 bridgehead atoms. The highest BCUT2D eigenvalue weighted by molar-refractivity contribution is 5.69. The van der Waals surface area contributed by atoms with Gasteiger partial charge in [-0.3, -0.25) is 4.79 Å². The van der Waals surface area contributed by atoms with E-state index in [0.717, 1.165) is 25.7 Å². The second kappa shape index (κ2) is 16.5. The lowest BCUT2D eigenvalue weighted by Crippen LogP contribution is -2.17. The number of allylic oxidation sites excluding steroid dienone is 6. The summed E-state index contributed by atoms with van der Waals surface area (Å²) in [7, 11) is 1.42. The molecule has 0 aromatic carbocycles. The largest absolute Gasteiger partial charge is 0.469 e. The molecular formula is C23H36O4. The van der Waals surface area contributed by atoms with Gasteiger partial charge in [0.2, 0.25) is 0 Å². The number of carbonyl (C=O) groups excluding carboxylic acids is 1. The van der Waals surface area contributed by atoms with Crippen LogP contribution < -0.4 is 0 Å². The average Bonchev–Trinajstić information content (AvgIpc) is 3.13.